The van der Waals surface area contributed by atoms with Crippen molar-refractivity contribution < 1.29 is 4.39 Å². The van der Waals surface area contributed by atoms with E-state index in [1.165, 1.54) is 16.3 Å². The minimum Gasteiger partial charge on any atom is -0.310 e. The van der Waals surface area contributed by atoms with Gasteiger partial charge in [-0.25, -0.2) is 4.39 Å². The average molecular weight is 594 g/mol. The van der Waals surface area contributed by atoms with E-state index in [9.17, 15) is 4.39 Å². The Kier molecular flexibility index (Phi) is 6.00. The Labute approximate surface area is 265 Å². The summed E-state index contributed by atoms with van der Waals surface area (Å²) in [5.41, 5.74) is 9.41. The van der Waals surface area contributed by atoms with Crippen molar-refractivity contribution in [1.82, 2.24) is 9.13 Å². The fraction of sp³-hybridized carbons (Fsp3) is 0. The van der Waals surface area contributed by atoms with Crippen molar-refractivity contribution in [2.45, 2.75) is 0 Å². The van der Waals surface area contributed by atoms with Gasteiger partial charge in [-0.2, -0.15) is 0 Å². The van der Waals surface area contributed by atoms with Crippen LogP contribution in [0.3, 0.4) is 0 Å². The van der Waals surface area contributed by atoms with Crippen LogP contribution in [0.2, 0.25) is 0 Å². The molecule has 4 heteroatoms. The van der Waals surface area contributed by atoms with Gasteiger partial charge in [0.25, 0.3) is 0 Å². The molecule has 0 bridgehead atoms. The number of halogens is 1. The van der Waals surface area contributed by atoms with Gasteiger partial charge in [-0.3, -0.25) is 0 Å². The number of benzene rings is 7. The lowest BCUT2D eigenvalue weighted by molar-refractivity contribution is 0.629. The number of nitrogens with zero attached hydrogens (tertiary/aromatic N) is 3. The third-order valence-electron chi connectivity index (χ3n) is 8.93. The molecule has 0 aliphatic carbocycles. The van der Waals surface area contributed by atoms with E-state index in [4.69, 9.17) is 0 Å². The summed E-state index contributed by atoms with van der Waals surface area (Å²) in [6.07, 6.45) is 0. The number of rotatable bonds is 5. The smallest absolute Gasteiger partial charge is 0.125 e. The first kappa shape index (κ1) is 26.3. The molecule has 2 aromatic heterocycles. The van der Waals surface area contributed by atoms with E-state index in [1.54, 1.807) is 12.1 Å². The average Bonchev–Trinajstić information content (AvgIpc) is 3.61. The van der Waals surface area contributed by atoms with Gasteiger partial charge in [0.2, 0.25) is 0 Å². The summed E-state index contributed by atoms with van der Waals surface area (Å²) in [5.74, 6) is -0.249. The highest BCUT2D eigenvalue weighted by Gasteiger charge is 2.20. The summed E-state index contributed by atoms with van der Waals surface area (Å²) < 4.78 is 19.2. The Bertz CT molecular complexity index is 2530. The normalized spacial score (nSPS) is 11.6. The lowest BCUT2D eigenvalue weighted by Crippen LogP contribution is -2.10. The summed E-state index contributed by atoms with van der Waals surface area (Å²) in [7, 11) is 0. The maximum Gasteiger partial charge on any atom is 0.125 e. The highest BCUT2D eigenvalue weighted by Crippen LogP contribution is 2.42. The lowest BCUT2D eigenvalue weighted by Gasteiger charge is -2.26. The Balaban J connectivity index is 1.32. The van der Waals surface area contributed by atoms with Crippen molar-refractivity contribution in [1.29, 1.82) is 0 Å². The second kappa shape index (κ2) is 10.5. The predicted molar refractivity (Wildman–Crippen MR) is 190 cm³/mol. The highest BCUT2D eigenvalue weighted by molar-refractivity contribution is 6.12. The van der Waals surface area contributed by atoms with Crippen LogP contribution in [0.4, 0.5) is 21.5 Å². The van der Waals surface area contributed by atoms with Crippen LogP contribution in [0.15, 0.2) is 170 Å². The molecule has 0 amide bonds. The largest absolute Gasteiger partial charge is 0.310 e. The molecule has 0 saturated carbocycles. The summed E-state index contributed by atoms with van der Waals surface area (Å²) in [6, 6.07) is 58.2. The van der Waals surface area contributed by atoms with E-state index in [-0.39, 0.29) is 5.82 Å². The zero-order chi connectivity index (χ0) is 30.6. The number of fused-ring (bicyclic) bond motifs is 6. The molecule has 0 radical (unpaired) electrons. The second-order valence-corrected chi connectivity index (χ2v) is 11.6. The van der Waals surface area contributed by atoms with Crippen molar-refractivity contribution >= 4 is 60.7 Å². The number of aromatic nitrogens is 2. The van der Waals surface area contributed by atoms with E-state index in [0.29, 0.717) is 0 Å². The molecule has 0 saturated heterocycles. The molecule has 9 rings (SSSR count). The van der Waals surface area contributed by atoms with Crippen molar-refractivity contribution in [2.24, 2.45) is 0 Å². The van der Waals surface area contributed by atoms with Gasteiger partial charge in [0.15, 0.2) is 0 Å². The van der Waals surface area contributed by atoms with Crippen molar-refractivity contribution in [3.05, 3.63) is 176 Å². The first-order valence-electron chi connectivity index (χ1n) is 15.5. The Morgan fingerprint density at radius 3 is 1.37 bits per heavy atom. The monoisotopic (exact) mass is 593 g/mol. The molecule has 0 N–H and O–H groups in total. The second-order valence-electron chi connectivity index (χ2n) is 11.6. The van der Waals surface area contributed by atoms with Crippen LogP contribution in [0.1, 0.15) is 0 Å². The molecule has 46 heavy (non-hydrogen) atoms. The topological polar surface area (TPSA) is 13.1 Å². The molecule has 0 fully saturated rings. The summed E-state index contributed by atoms with van der Waals surface area (Å²) in [4.78, 5) is 2.31. The standard InChI is InChI=1S/C42H28FN3/c43-29-20-23-36-38-25-22-34(28-42(38)46(40(36)26-29)32-16-8-3-9-17-32)44(30-12-4-1-5-13-30)33-21-24-37-35-18-10-11-19-39(35)45(41(37)27-33)31-14-6-2-7-15-31/h1-28H. The Morgan fingerprint density at radius 2 is 0.783 bits per heavy atom. The first-order chi connectivity index (χ1) is 22.7. The molecule has 7 aromatic carbocycles. The predicted octanol–water partition coefficient (Wildman–Crippen LogP) is 11.5. The fourth-order valence-electron chi connectivity index (χ4n) is 6.95. The molecular weight excluding hydrogens is 565 g/mol. The maximum absolute atomic E-state index is 14.6. The van der Waals surface area contributed by atoms with Gasteiger partial charge in [-0.05, 0) is 84.9 Å². The van der Waals surface area contributed by atoms with Gasteiger partial charge in [0, 0.05) is 50.0 Å². The molecule has 9 aromatic rings. The molecule has 0 aliphatic rings. The van der Waals surface area contributed by atoms with E-state index < -0.39 is 0 Å². The van der Waals surface area contributed by atoms with Gasteiger partial charge in [-0.1, -0.05) is 84.9 Å². The minimum atomic E-state index is -0.249. The molecule has 0 spiro atoms. The zero-order valence-electron chi connectivity index (χ0n) is 24.9. The molecular formula is C42H28FN3. The maximum atomic E-state index is 14.6. The Morgan fingerprint density at radius 1 is 0.348 bits per heavy atom. The third-order valence-corrected chi connectivity index (χ3v) is 8.93. The summed E-state index contributed by atoms with van der Waals surface area (Å²) in [6.45, 7) is 0. The van der Waals surface area contributed by atoms with Gasteiger partial charge in [0.1, 0.15) is 5.82 Å². The van der Waals surface area contributed by atoms with E-state index in [1.807, 2.05) is 30.3 Å². The fourth-order valence-corrected chi connectivity index (χ4v) is 6.95. The summed E-state index contributed by atoms with van der Waals surface area (Å²) >= 11 is 0. The van der Waals surface area contributed by atoms with E-state index in [2.05, 4.69) is 141 Å². The quantitative estimate of drug-likeness (QED) is 0.193. The molecule has 0 unspecified atom stereocenters. The van der Waals surface area contributed by atoms with Crippen LogP contribution in [-0.2, 0) is 0 Å². The molecule has 3 nitrogen and oxygen atoms in total. The van der Waals surface area contributed by atoms with Gasteiger partial charge >= 0.3 is 0 Å². The van der Waals surface area contributed by atoms with Gasteiger partial charge < -0.3 is 14.0 Å². The van der Waals surface area contributed by atoms with E-state index >= 15 is 0 Å². The van der Waals surface area contributed by atoms with E-state index in [0.717, 1.165) is 55.8 Å². The van der Waals surface area contributed by atoms with Crippen LogP contribution >= 0.6 is 0 Å². The van der Waals surface area contributed by atoms with Gasteiger partial charge in [-0.15, -0.1) is 0 Å². The van der Waals surface area contributed by atoms with Crippen LogP contribution in [0.25, 0.3) is 55.0 Å². The van der Waals surface area contributed by atoms with Crippen LogP contribution in [0.5, 0.6) is 0 Å². The molecule has 0 aliphatic heterocycles. The first-order valence-corrected chi connectivity index (χ1v) is 15.5. The third kappa shape index (κ3) is 4.11. The van der Waals surface area contributed by atoms with Crippen molar-refractivity contribution in [3.63, 3.8) is 0 Å². The van der Waals surface area contributed by atoms with Crippen LogP contribution in [0, 0.1) is 5.82 Å². The molecule has 2 heterocycles. The minimum absolute atomic E-state index is 0.249. The van der Waals surface area contributed by atoms with Gasteiger partial charge in [0.05, 0.1) is 22.1 Å². The number of para-hydroxylation sites is 4. The van der Waals surface area contributed by atoms with Crippen molar-refractivity contribution in [3.8, 4) is 11.4 Å². The SMILES string of the molecule is Fc1ccc2c3ccc(N(c4ccccc4)c4ccc5c6ccccc6n(-c6ccccc6)c5c4)cc3n(-c3ccccc3)c2c1. The number of hydrogen-bond donors (Lipinski definition) is 0. The van der Waals surface area contributed by atoms with Crippen LogP contribution < -0.4 is 4.90 Å². The zero-order valence-corrected chi connectivity index (χ0v) is 24.9. The summed E-state index contributed by atoms with van der Waals surface area (Å²) in [5, 5.41) is 4.53. The number of hydrogen-bond acceptors (Lipinski definition) is 1. The Hall–Kier alpha value is -6.13. The van der Waals surface area contributed by atoms with Crippen molar-refractivity contribution in [2.75, 3.05) is 4.90 Å². The van der Waals surface area contributed by atoms with Crippen LogP contribution in [-0.4, -0.2) is 9.13 Å². The number of anilines is 3. The lowest BCUT2D eigenvalue weighted by atomic mass is 10.1. The molecule has 0 atom stereocenters. The molecule has 218 valence electrons. The highest BCUT2D eigenvalue weighted by atomic mass is 19.1.